The maximum Gasteiger partial charge on any atom is 0.471 e. The number of benzene rings is 3. The number of amides is 1. The second kappa shape index (κ2) is 12.4. The average molecular weight is 517 g/mol. The van der Waals surface area contributed by atoms with Crippen LogP contribution in [-0.4, -0.2) is 45.0 Å². The van der Waals surface area contributed by atoms with Crippen LogP contribution in [0.25, 0.3) is 0 Å². The van der Waals surface area contributed by atoms with Crippen LogP contribution < -0.4 is 14.8 Å². The minimum atomic E-state index is -5.08. The van der Waals surface area contributed by atoms with Crippen molar-refractivity contribution >= 4 is 5.91 Å². The molecule has 0 spiro atoms. The van der Waals surface area contributed by atoms with E-state index in [2.05, 4.69) is 5.18 Å². The number of ether oxygens (including phenoxy) is 3. The lowest BCUT2D eigenvalue weighted by Gasteiger charge is -2.36. The number of methoxy groups -OCH3 is 1. The van der Waals surface area contributed by atoms with Gasteiger partial charge in [0.1, 0.15) is 23.1 Å². The number of nitrogens with zero attached hydrogens (tertiary/aromatic N) is 1. The second-order valence-corrected chi connectivity index (χ2v) is 8.01. The van der Waals surface area contributed by atoms with E-state index in [0.29, 0.717) is 34.8 Å². The van der Waals surface area contributed by atoms with Crippen LogP contribution in [0.2, 0.25) is 0 Å². The zero-order valence-electron chi connectivity index (χ0n) is 20.3. The lowest BCUT2D eigenvalue weighted by Crippen LogP contribution is -2.43. The van der Waals surface area contributed by atoms with E-state index in [9.17, 15) is 22.9 Å². The van der Waals surface area contributed by atoms with Crippen LogP contribution in [0.5, 0.6) is 11.5 Å². The molecule has 2 unspecified atom stereocenters. The van der Waals surface area contributed by atoms with Crippen molar-refractivity contribution in [2.75, 3.05) is 26.9 Å². The predicted molar refractivity (Wildman–Crippen MR) is 132 cm³/mol. The van der Waals surface area contributed by atoms with Gasteiger partial charge in [-0.15, -0.1) is 0 Å². The maximum atomic E-state index is 12.6. The van der Waals surface area contributed by atoms with Crippen molar-refractivity contribution in [3.63, 3.8) is 0 Å². The Labute approximate surface area is 212 Å². The summed E-state index contributed by atoms with van der Waals surface area (Å²) in [6, 6.07) is 22.2. The Bertz CT molecular complexity index is 1160. The molecule has 1 amide bonds. The molecule has 1 N–H and O–H groups in total. The molecule has 0 bridgehead atoms. The van der Waals surface area contributed by atoms with Crippen LogP contribution in [0.3, 0.4) is 0 Å². The minimum absolute atomic E-state index is 0.379. The van der Waals surface area contributed by atoms with Crippen molar-refractivity contribution in [2.24, 2.45) is 5.18 Å². The fourth-order valence-corrected chi connectivity index (χ4v) is 3.86. The molecule has 0 saturated heterocycles. The van der Waals surface area contributed by atoms with E-state index in [1.807, 2.05) is 49.4 Å². The number of nitroso groups, excluding NO2 is 1. The van der Waals surface area contributed by atoms with Gasteiger partial charge in [-0.1, -0.05) is 59.8 Å². The Kier molecular flexibility index (Phi) is 9.24. The van der Waals surface area contributed by atoms with E-state index in [0.717, 1.165) is 0 Å². The minimum Gasteiger partial charge on any atom is -0.497 e. The van der Waals surface area contributed by atoms with Crippen molar-refractivity contribution < 1.29 is 32.2 Å². The first-order chi connectivity index (χ1) is 17.7. The van der Waals surface area contributed by atoms with E-state index in [-0.39, 0.29) is 6.61 Å². The van der Waals surface area contributed by atoms with E-state index < -0.39 is 30.3 Å². The number of hydrogen-bond acceptors (Lipinski definition) is 6. The molecule has 0 aromatic heterocycles. The molecular formula is C27H27F3N2O5. The van der Waals surface area contributed by atoms with E-state index in [4.69, 9.17) is 14.2 Å². The van der Waals surface area contributed by atoms with Crippen molar-refractivity contribution in [2.45, 2.75) is 24.7 Å². The molecule has 10 heteroatoms. The molecule has 3 aromatic rings. The molecule has 0 saturated carbocycles. The highest BCUT2D eigenvalue weighted by Gasteiger charge is 2.40. The Balaban J connectivity index is 2.06. The summed E-state index contributed by atoms with van der Waals surface area (Å²) in [5.41, 5.74) is 0.771. The Morgan fingerprint density at radius 3 is 1.92 bits per heavy atom. The van der Waals surface area contributed by atoms with Gasteiger partial charge in [0, 0.05) is 6.54 Å². The first-order valence-electron chi connectivity index (χ1n) is 11.5. The molecule has 2 atom stereocenters. The van der Waals surface area contributed by atoms with Gasteiger partial charge >= 0.3 is 12.1 Å². The van der Waals surface area contributed by atoms with Crippen LogP contribution in [0.15, 0.2) is 84.0 Å². The third kappa shape index (κ3) is 6.65. The molecular weight excluding hydrogens is 489 g/mol. The number of hydrogen-bond donors (Lipinski definition) is 1. The van der Waals surface area contributed by atoms with Gasteiger partial charge < -0.3 is 19.5 Å². The quantitative estimate of drug-likeness (QED) is 0.264. The van der Waals surface area contributed by atoms with Gasteiger partial charge in [0.25, 0.3) is 0 Å². The van der Waals surface area contributed by atoms with Gasteiger partial charge in [-0.3, -0.25) is 4.79 Å². The summed E-state index contributed by atoms with van der Waals surface area (Å²) in [7, 11) is 1.54. The third-order valence-corrected chi connectivity index (χ3v) is 5.65. The SMILES string of the molecule is CCOc1ccc(C(OCC(CNC(=O)C(F)(F)F)N=O)(c2ccccc2)c2ccc(OC)cc2)cc1. The maximum absolute atomic E-state index is 12.6. The molecule has 0 aliphatic rings. The number of halogens is 3. The summed E-state index contributed by atoms with van der Waals surface area (Å²) in [4.78, 5) is 22.7. The van der Waals surface area contributed by atoms with Crippen LogP contribution in [0, 0.1) is 4.91 Å². The molecule has 0 fully saturated rings. The number of carbonyl (C=O) groups is 1. The average Bonchev–Trinajstić information content (AvgIpc) is 2.91. The summed E-state index contributed by atoms with van der Waals surface area (Å²) in [6.07, 6.45) is -5.08. The Morgan fingerprint density at radius 1 is 0.892 bits per heavy atom. The van der Waals surface area contributed by atoms with E-state index in [1.54, 1.807) is 41.7 Å². The largest absolute Gasteiger partial charge is 0.497 e. The first-order valence-corrected chi connectivity index (χ1v) is 11.5. The molecule has 0 radical (unpaired) electrons. The van der Waals surface area contributed by atoms with Gasteiger partial charge in [0.2, 0.25) is 0 Å². The topological polar surface area (TPSA) is 86.2 Å². The number of alkyl halides is 3. The summed E-state index contributed by atoms with van der Waals surface area (Å²) in [6.45, 7) is 1.33. The van der Waals surface area contributed by atoms with Crippen LogP contribution in [0.1, 0.15) is 23.6 Å². The highest BCUT2D eigenvalue weighted by molar-refractivity contribution is 5.81. The van der Waals surface area contributed by atoms with Gasteiger partial charge in [-0.2, -0.15) is 18.1 Å². The molecule has 196 valence electrons. The monoisotopic (exact) mass is 516 g/mol. The van der Waals surface area contributed by atoms with Gasteiger partial charge in [-0.25, -0.2) is 0 Å². The molecule has 3 aromatic carbocycles. The fourth-order valence-electron chi connectivity index (χ4n) is 3.86. The van der Waals surface area contributed by atoms with Crippen LogP contribution in [-0.2, 0) is 15.1 Å². The zero-order chi connectivity index (χ0) is 26.9. The summed E-state index contributed by atoms with van der Waals surface area (Å²) < 4.78 is 55.1. The third-order valence-electron chi connectivity index (χ3n) is 5.65. The lowest BCUT2D eigenvalue weighted by molar-refractivity contribution is -0.173. The highest BCUT2D eigenvalue weighted by atomic mass is 19.4. The number of rotatable bonds is 12. The van der Waals surface area contributed by atoms with Crippen molar-refractivity contribution in [3.8, 4) is 11.5 Å². The van der Waals surface area contributed by atoms with Gasteiger partial charge in [0.05, 0.1) is 20.3 Å². The first kappa shape index (κ1) is 27.7. The smallest absolute Gasteiger partial charge is 0.471 e. The predicted octanol–water partition coefficient (Wildman–Crippen LogP) is 5.22. The zero-order valence-corrected chi connectivity index (χ0v) is 20.3. The molecule has 7 nitrogen and oxygen atoms in total. The summed E-state index contributed by atoms with van der Waals surface area (Å²) in [5.74, 6) is -0.901. The molecule has 0 aliphatic heterocycles. The van der Waals surface area contributed by atoms with Gasteiger partial charge in [0.15, 0.2) is 0 Å². The summed E-state index contributed by atoms with van der Waals surface area (Å²) >= 11 is 0. The lowest BCUT2D eigenvalue weighted by atomic mass is 9.80. The van der Waals surface area contributed by atoms with Crippen LogP contribution in [0.4, 0.5) is 13.2 Å². The van der Waals surface area contributed by atoms with Crippen molar-refractivity contribution in [1.29, 1.82) is 0 Å². The normalized spacial score (nSPS) is 13.8. The molecule has 0 heterocycles. The molecule has 3 rings (SSSR count). The molecule has 0 aliphatic carbocycles. The Hall–Kier alpha value is -3.92. The van der Waals surface area contributed by atoms with E-state index >= 15 is 0 Å². The second-order valence-electron chi connectivity index (χ2n) is 8.01. The van der Waals surface area contributed by atoms with Crippen LogP contribution >= 0.6 is 0 Å². The van der Waals surface area contributed by atoms with Crippen molar-refractivity contribution in [1.82, 2.24) is 5.32 Å². The Morgan fingerprint density at radius 2 is 1.43 bits per heavy atom. The van der Waals surface area contributed by atoms with Gasteiger partial charge in [-0.05, 0) is 47.9 Å². The number of carbonyl (C=O) groups excluding carboxylic acids is 1. The van der Waals surface area contributed by atoms with E-state index in [1.165, 1.54) is 7.11 Å². The van der Waals surface area contributed by atoms with Crippen molar-refractivity contribution in [3.05, 3.63) is 100 Å². The standard InChI is InChI=1S/C27H27F3N2O5/c1-3-36-24-15-11-21(12-16-24)26(19-7-5-4-6-8-19,20-9-13-23(35-2)14-10-20)37-18-22(32-34)17-31-25(33)27(28,29)30/h4-16,22H,3,17-18H2,1-2H3,(H,31,33). The fraction of sp³-hybridized carbons (Fsp3) is 0.296. The molecule has 37 heavy (non-hydrogen) atoms. The number of nitrogens with one attached hydrogen (secondary N) is 1. The summed E-state index contributed by atoms with van der Waals surface area (Å²) in [5, 5.41) is 4.59. The highest BCUT2D eigenvalue weighted by Crippen LogP contribution is 2.41.